The predicted molar refractivity (Wildman–Crippen MR) is 132 cm³/mol. The van der Waals surface area contributed by atoms with Crippen molar-refractivity contribution in [2.75, 3.05) is 0 Å². The fourth-order valence-corrected chi connectivity index (χ4v) is 4.65. The van der Waals surface area contributed by atoms with Gasteiger partial charge in [-0.1, -0.05) is 110 Å². The number of aryl methyl sites for hydroxylation is 1. The Hall–Kier alpha value is -3.98. The number of benzene rings is 4. The van der Waals surface area contributed by atoms with Crippen LogP contribution in [0.3, 0.4) is 0 Å². The standard InChI is InChI=1S/C30H25FN2/c1-2-23-22-33(32-29(23)24-13-12-20-28(31)21-24)30(25-14-6-3-7-15-25,26-16-8-4-9-17-26)27-18-10-5-11-19-27/h3-22H,2H2,1H3. The summed E-state index contributed by atoms with van der Waals surface area (Å²) in [6.45, 7) is 2.11. The van der Waals surface area contributed by atoms with Crippen LogP contribution in [0.5, 0.6) is 0 Å². The Morgan fingerprint density at radius 1 is 0.697 bits per heavy atom. The Morgan fingerprint density at radius 2 is 1.21 bits per heavy atom. The van der Waals surface area contributed by atoms with E-state index in [2.05, 4.69) is 90.6 Å². The molecule has 0 saturated heterocycles. The summed E-state index contributed by atoms with van der Waals surface area (Å²) in [7, 11) is 0. The summed E-state index contributed by atoms with van der Waals surface area (Å²) in [5.74, 6) is -0.260. The SMILES string of the molecule is CCc1cn(C(c2ccccc2)(c2ccccc2)c2ccccc2)nc1-c1cccc(F)c1. The minimum Gasteiger partial charge on any atom is -0.252 e. The zero-order valence-corrected chi connectivity index (χ0v) is 18.5. The lowest BCUT2D eigenvalue weighted by atomic mass is 9.77. The lowest BCUT2D eigenvalue weighted by Crippen LogP contribution is -2.38. The lowest BCUT2D eigenvalue weighted by molar-refractivity contribution is 0.461. The van der Waals surface area contributed by atoms with Gasteiger partial charge in [-0.3, -0.25) is 4.68 Å². The van der Waals surface area contributed by atoms with Crippen molar-refractivity contribution >= 4 is 0 Å². The molecule has 33 heavy (non-hydrogen) atoms. The maximum absolute atomic E-state index is 14.1. The van der Waals surface area contributed by atoms with Crippen LogP contribution in [0.25, 0.3) is 11.3 Å². The molecule has 1 aromatic heterocycles. The smallest absolute Gasteiger partial charge is 0.138 e. The highest BCUT2D eigenvalue weighted by atomic mass is 19.1. The average Bonchev–Trinajstić information content (AvgIpc) is 3.31. The number of halogens is 1. The molecule has 0 unspecified atom stereocenters. The third kappa shape index (κ3) is 3.66. The van der Waals surface area contributed by atoms with E-state index < -0.39 is 5.54 Å². The molecule has 0 bridgehead atoms. The van der Waals surface area contributed by atoms with E-state index in [0.29, 0.717) is 0 Å². The molecular formula is C30H25FN2. The Bertz CT molecular complexity index is 1250. The first-order valence-electron chi connectivity index (χ1n) is 11.2. The van der Waals surface area contributed by atoms with Gasteiger partial charge in [-0.2, -0.15) is 5.10 Å². The second kappa shape index (κ2) is 8.87. The molecule has 162 valence electrons. The molecule has 0 atom stereocenters. The molecule has 3 heteroatoms. The van der Waals surface area contributed by atoms with Crippen molar-refractivity contribution in [2.45, 2.75) is 18.9 Å². The van der Waals surface area contributed by atoms with Crippen molar-refractivity contribution in [3.63, 3.8) is 0 Å². The van der Waals surface area contributed by atoms with Gasteiger partial charge in [-0.15, -0.1) is 0 Å². The molecular weight excluding hydrogens is 407 g/mol. The van der Waals surface area contributed by atoms with Crippen LogP contribution in [-0.2, 0) is 12.0 Å². The molecule has 0 amide bonds. The molecule has 0 saturated carbocycles. The number of aromatic nitrogens is 2. The Morgan fingerprint density at radius 3 is 1.67 bits per heavy atom. The van der Waals surface area contributed by atoms with E-state index in [4.69, 9.17) is 5.10 Å². The summed E-state index contributed by atoms with van der Waals surface area (Å²) in [5.41, 5.74) is 5.32. The summed E-state index contributed by atoms with van der Waals surface area (Å²) in [6, 6.07) is 38.0. The fraction of sp³-hybridized carbons (Fsp3) is 0.100. The first-order valence-corrected chi connectivity index (χ1v) is 11.2. The molecule has 2 nitrogen and oxygen atoms in total. The van der Waals surface area contributed by atoms with E-state index in [1.54, 1.807) is 12.1 Å². The maximum atomic E-state index is 14.1. The number of nitrogens with zero attached hydrogens (tertiary/aromatic N) is 2. The molecule has 0 N–H and O–H groups in total. The van der Waals surface area contributed by atoms with Crippen LogP contribution in [0.2, 0.25) is 0 Å². The summed E-state index contributed by atoms with van der Waals surface area (Å²) in [4.78, 5) is 0. The first-order chi connectivity index (χ1) is 16.2. The monoisotopic (exact) mass is 432 g/mol. The summed E-state index contributed by atoms with van der Waals surface area (Å²) < 4.78 is 16.2. The molecule has 5 rings (SSSR count). The molecule has 0 spiro atoms. The zero-order valence-electron chi connectivity index (χ0n) is 18.5. The van der Waals surface area contributed by atoms with Gasteiger partial charge in [0.15, 0.2) is 0 Å². The van der Waals surface area contributed by atoms with Gasteiger partial charge in [0, 0.05) is 11.8 Å². The number of hydrogen-bond donors (Lipinski definition) is 0. The fourth-order valence-electron chi connectivity index (χ4n) is 4.65. The van der Waals surface area contributed by atoms with Gasteiger partial charge in [-0.25, -0.2) is 4.39 Å². The molecule has 0 fully saturated rings. The zero-order chi connectivity index (χ0) is 22.7. The normalized spacial score (nSPS) is 11.5. The van der Waals surface area contributed by atoms with Gasteiger partial charge in [0.05, 0.1) is 5.69 Å². The summed E-state index contributed by atoms with van der Waals surface area (Å²) >= 11 is 0. The molecule has 0 aliphatic heterocycles. The van der Waals surface area contributed by atoms with E-state index in [1.165, 1.54) is 6.07 Å². The third-order valence-corrected chi connectivity index (χ3v) is 6.19. The predicted octanol–water partition coefficient (Wildman–Crippen LogP) is 7.09. The van der Waals surface area contributed by atoms with Gasteiger partial charge in [-0.05, 0) is 40.8 Å². The van der Waals surface area contributed by atoms with Crippen molar-refractivity contribution < 1.29 is 4.39 Å². The van der Waals surface area contributed by atoms with Gasteiger partial charge in [0.25, 0.3) is 0 Å². The molecule has 0 aliphatic carbocycles. The van der Waals surface area contributed by atoms with Gasteiger partial charge in [0.1, 0.15) is 11.4 Å². The quantitative estimate of drug-likeness (QED) is 0.262. The molecule has 5 aromatic rings. The Labute approximate surface area is 194 Å². The highest BCUT2D eigenvalue weighted by molar-refractivity contribution is 5.63. The van der Waals surface area contributed by atoms with Crippen LogP contribution in [0.15, 0.2) is 121 Å². The largest absolute Gasteiger partial charge is 0.252 e. The summed E-state index contributed by atoms with van der Waals surface area (Å²) in [6.07, 6.45) is 2.91. The van der Waals surface area contributed by atoms with Gasteiger partial charge < -0.3 is 0 Å². The van der Waals surface area contributed by atoms with E-state index >= 15 is 0 Å². The van der Waals surface area contributed by atoms with Crippen molar-refractivity contribution in [1.29, 1.82) is 0 Å². The molecule has 4 aromatic carbocycles. The molecule has 1 heterocycles. The van der Waals surface area contributed by atoms with Crippen LogP contribution in [0.4, 0.5) is 4.39 Å². The molecule has 0 aliphatic rings. The maximum Gasteiger partial charge on any atom is 0.138 e. The Balaban J connectivity index is 1.86. The van der Waals surface area contributed by atoms with E-state index in [9.17, 15) is 4.39 Å². The summed E-state index contributed by atoms with van der Waals surface area (Å²) in [5, 5.41) is 5.14. The van der Waals surface area contributed by atoms with Crippen LogP contribution in [0.1, 0.15) is 29.2 Å². The van der Waals surface area contributed by atoms with Crippen LogP contribution < -0.4 is 0 Å². The third-order valence-electron chi connectivity index (χ3n) is 6.19. The average molecular weight is 433 g/mol. The van der Waals surface area contributed by atoms with Crippen molar-refractivity contribution in [3.8, 4) is 11.3 Å². The van der Waals surface area contributed by atoms with Crippen molar-refractivity contribution in [2.24, 2.45) is 0 Å². The van der Waals surface area contributed by atoms with Crippen LogP contribution in [-0.4, -0.2) is 9.78 Å². The highest BCUT2D eigenvalue weighted by Gasteiger charge is 2.39. The topological polar surface area (TPSA) is 17.8 Å². The molecule has 0 radical (unpaired) electrons. The van der Waals surface area contributed by atoms with Crippen molar-refractivity contribution in [1.82, 2.24) is 9.78 Å². The Kier molecular flexibility index (Phi) is 5.62. The van der Waals surface area contributed by atoms with Gasteiger partial charge in [0.2, 0.25) is 0 Å². The van der Waals surface area contributed by atoms with Crippen molar-refractivity contribution in [3.05, 3.63) is 150 Å². The van der Waals surface area contributed by atoms with E-state index in [0.717, 1.165) is 39.9 Å². The van der Waals surface area contributed by atoms with Gasteiger partial charge >= 0.3 is 0 Å². The second-order valence-corrected chi connectivity index (χ2v) is 8.12. The highest BCUT2D eigenvalue weighted by Crippen LogP contribution is 2.41. The first kappa shape index (κ1) is 20.9. The van der Waals surface area contributed by atoms with Crippen LogP contribution in [0, 0.1) is 5.82 Å². The van der Waals surface area contributed by atoms with E-state index in [1.807, 2.05) is 24.3 Å². The minimum atomic E-state index is -0.681. The van der Waals surface area contributed by atoms with E-state index in [-0.39, 0.29) is 5.82 Å². The second-order valence-electron chi connectivity index (χ2n) is 8.12. The lowest BCUT2D eigenvalue weighted by Gasteiger charge is -2.36. The van der Waals surface area contributed by atoms with Crippen LogP contribution >= 0.6 is 0 Å². The number of rotatable bonds is 6. The minimum absolute atomic E-state index is 0.260. The number of hydrogen-bond acceptors (Lipinski definition) is 1.